The zero-order chi connectivity index (χ0) is 20.8. The van der Waals surface area contributed by atoms with E-state index in [0.717, 1.165) is 24.4 Å². The van der Waals surface area contributed by atoms with E-state index in [9.17, 15) is 9.59 Å². The van der Waals surface area contributed by atoms with Crippen LogP contribution >= 0.6 is 11.8 Å². The van der Waals surface area contributed by atoms with Crippen molar-refractivity contribution in [2.24, 2.45) is 5.92 Å². The smallest absolute Gasteiger partial charge is 0.255 e. The molecular formula is C25H30N2O2S. The highest BCUT2D eigenvalue weighted by Gasteiger charge is 2.23. The zero-order valence-corrected chi connectivity index (χ0v) is 18.3. The first-order valence-electron chi connectivity index (χ1n) is 11.1. The minimum atomic E-state index is 0.0511. The van der Waals surface area contributed by atoms with Crippen LogP contribution in [0.25, 0.3) is 0 Å². The van der Waals surface area contributed by atoms with Crippen LogP contribution in [0.3, 0.4) is 0 Å². The number of fused-ring (bicyclic) bond motifs is 1. The molecule has 1 heterocycles. The molecule has 2 aliphatic rings. The molecule has 2 amide bonds. The molecule has 0 spiro atoms. The molecule has 0 aromatic heterocycles. The molecule has 1 N–H and O–H groups in total. The molecule has 0 saturated heterocycles. The lowest BCUT2D eigenvalue weighted by atomic mass is 9.89. The summed E-state index contributed by atoms with van der Waals surface area (Å²) < 4.78 is 0. The highest BCUT2D eigenvalue weighted by atomic mass is 32.2. The van der Waals surface area contributed by atoms with Gasteiger partial charge < -0.3 is 10.2 Å². The summed E-state index contributed by atoms with van der Waals surface area (Å²) in [5.41, 5.74) is 3.25. The van der Waals surface area contributed by atoms with Crippen molar-refractivity contribution >= 4 is 23.6 Å². The third-order valence-corrected chi connectivity index (χ3v) is 7.28. The van der Waals surface area contributed by atoms with Crippen molar-refractivity contribution in [2.75, 3.05) is 18.8 Å². The number of hydrogen-bond acceptors (Lipinski definition) is 3. The van der Waals surface area contributed by atoms with Crippen LogP contribution in [0, 0.1) is 5.92 Å². The maximum Gasteiger partial charge on any atom is 0.255 e. The first-order chi connectivity index (χ1) is 14.7. The first-order valence-corrected chi connectivity index (χ1v) is 12.0. The van der Waals surface area contributed by atoms with E-state index in [0.29, 0.717) is 23.8 Å². The average Bonchev–Trinajstić information content (AvgIpc) is 2.81. The second-order valence-corrected chi connectivity index (χ2v) is 9.36. The van der Waals surface area contributed by atoms with Gasteiger partial charge in [0.05, 0.1) is 11.3 Å². The lowest BCUT2D eigenvalue weighted by Crippen LogP contribution is -2.36. The van der Waals surface area contributed by atoms with E-state index in [1.165, 1.54) is 55.0 Å². The van der Waals surface area contributed by atoms with Gasteiger partial charge in [0, 0.05) is 24.5 Å². The molecule has 5 heteroatoms. The van der Waals surface area contributed by atoms with Crippen molar-refractivity contribution in [1.29, 1.82) is 0 Å². The van der Waals surface area contributed by atoms with Gasteiger partial charge in [-0.3, -0.25) is 9.59 Å². The molecule has 0 unspecified atom stereocenters. The number of benzene rings is 2. The number of carbonyl (C=O) groups is 2. The third kappa shape index (κ3) is 5.25. The summed E-state index contributed by atoms with van der Waals surface area (Å²) in [7, 11) is 0. The first kappa shape index (κ1) is 21.0. The molecule has 4 nitrogen and oxygen atoms in total. The molecule has 158 valence electrons. The van der Waals surface area contributed by atoms with Crippen molar-refractivity contribution in [3.05, 3.63) is 65.2 Å². The number of nitrogens with one attached hydrogen (secondary N) is 1. The maximum atomic E-state index is 13.2. The average molecular weight is 423 g/mol. The summed E-state index contributed by atoms with van der Waals surface area (Å²) in [6.07, 6.45) is 7.24. The Morgan fingerprint density at radius 1 is 0.967 bits per heavy atom. The van der Waals surface area contributed by atoms with Crippen LogP contribution in [0.1, 0.15) is 53.6 Å². The maximum absolute atomic E-state index is 13.2. The van der Waals surface area contributed by atoms with Crippen molar-refractivity contribution in [3.8, 4) is 0 Å². The van der Waals surface area contributed by atoms with Crippen LogP contribution in [-0.4, -0.2) is 35.6 Å². The van der Waals surface area contributed by atoms with Gasteiger partial charge in [0.25, 0.3) is 5.91 Å². The van der Waals surface area contributed by atoms with Gasteiger partial charge in [-0.05, 0) is 48.4 Å². The van der Waals surface area contributed by atoms with Gasteiger partial charge >= 0.3 is 0 Å². The standard InChI is InChI=1S/C25H30N2O2S/c28-24(26-16-19-8-2-1-3-9-19)18-30-23-13-7-6-12-22(23)25(29)27-15-14-20-10-4-5-11-21(20)17-27/h4-7,10-13,19H,1-3,8-9,14-18H2,(H,26,28). The Bertz CT molecular complexity index is 892. The van der Waals surface area contributed by atoms with E-state index in [2.05, 4.69) is 23.5 Å². The Morgan fingerprint density at radius 3 is 2.53 bits per heavy atom. The van der Waals surface area contributed by atoms with Gasteiger partial charge in [0.1, 0.15) is 0 Å². The lowest BCUT2D eigenvalue weighted by Gasteiger charge is -2.29. The second-order valence-electron chi connectivity index (χ2n) is 8.34. The fraction of sp³-hybridized carbons (Fsp3) is 0.440. The molecule has 2 aromatic carbocycles. The minimum Gasteiger partial charge on any atom is -0.355 e. The fourth-order valence-electron chi connectivity index (χ4n) is 4.45. The van der Waals surface area contributed by atoms with Crippen molar-refractivity contribution in [2.45, 2.75) is 50.0 Å². The molecule has 1 fully saturated rings. The van der Waals surface area contributed by atoms with E-state index in [1.54, 1.807) is 0 Å². The van der Waals surface area contributed by atoms with Crippen LogP contribution in [0.15, 0.2) is 53.4 Å². The van der Waals surface area contributed by atoms with Crippen LogP contribution in [0.2, 0.25) is 0 Å². The summed E-state index contributed by atoms with van der Waals surface area (Å²) in [6.45, 7) is 2.17. The molecule has 0 radical (unpaired) electrons. The van der Waals surface area contributed by atoms with Crippen LogP contribution in [0.5, 0.6) is 0 Å². The Kier molecular flexibility index (Phi) is 7.11. The van der Waals surface area contributed by atoms with Crippen molar-refractivity contribution < 1.29 is 9.59 Å². The third-order valence-electron chi connectivity index (χ3n) is 6.21. The minimum absolute atomic E-state index is 0.0511. The summed E-state index contributed by atoms with van der Waals surface area (Å²) in [6, 6.07) is 16.0. The molecule has 1 aliphatic heterocycles. The molecular weight excluding hydrogens is 392 g/mol. The van der Waals surface area contributed by atoms with E-state index >= 15 is 0 Å². The SMILES string of the molecule is O=C(CSc1ccccc1C(=O)N1CCc2ccccc2C1)NCC1CCCCC1. The highest BCUT2D eigenvalue weighted by Crippen LogP contribution is 2.27. The van der Waals surface area contributed by atoms with Crippen LogP contribution < -0.4 is 5.32 Å². The van der Waals surface area contributed by atoms with E-state index in [-0.39, 0.29) is 11.8 Å². The predicted molar refractivity (Wildman–Crippen MR) is 122 cm³/mol. The van der Waals surface area contributed by atoms with E-state index in [4.69, 9.17) is 0 Å². The Labute approximate surface area is 183 Å². The number of carbonyl (C=O) groups excluding carboxylic acids is 2. The Morgan fingerprint density at radius 2 is 1.70 bits per heavy atom. The topological polar surface area (TPSA) is 49.4 Å². The van der Waals surface area contributed by atoms with Crippen LogP contribution in [0.4, 0.5) is 0 Å². The van der Waals surface area contributed by atoms with E-state index < -0.39 is 0 Å². The van der Waals surface area contributed by atoms with Crippen molar-refractivity contribution in [1.82, 2.24) is 10.2 Å². The number of amides is 2. The monoisotopic (exact) mass is 422 g/mol. The van der Waals surface area contributed by atoms with Gasteiger partial charge in [-0.15, -0.1) is 11.8 Å². The molecule has 0 atom stereocenters. The normalized spacial score (nSPS) is 16.7. The zero-order valence-electron chi connectivity index (χ0n) is 17.4. The largest absolute Gasteiger partial charge is 0.355 e. The molecule has 2 aromatic rings. The molecule has 0 bridgehead atoms. The lowest BCUT2D eigenvalue weighted by molar-refractivity contribution is -0.118. The fourth-order valence-corrected chi connectivity index (χ4v) is 5.33. The van der Waals surface area contributed by atoms with Crippen molar-refractivity contribution in [3.63, 3.8) is 0 Å². The highest BCUT2D eigenvalue weighted by molar-refractivity contribution is 8.00. The number of nitrogens with zero attached hydrogens (tertiary/aromatic N) is 1. The molecule has 4 rings (SSSR count). The van der Waals surface area contributed by atoms with Gasteiger partial charge in [-0.2, -0.15) is 0 Å². The summed E-state index contributed by atoms with van der Waals surface area (Å²) in [5, 5.41) is 3.09. The number of rotatable bonds is 6. The van der Waals surface area contributed by atoms with Crippen LogP contribution in [-0.2, 0) is 17.8 Å². The molecule has 30 heavy (non-hydrogen) atoms. The molecule has 1 saturated carbocycles. The number of thioether (sulfide) groups is 1. The summed E-state index contributed by atoms with van der Waals surface area (Å²) in [4.78, 5) is 28.4. The Balaban J connectivity index is 1.34. The van der Waals surface area contributed by atoms with Gasteiger partial charge in [-0.25, -0.2) is 0 Å². The van der Waals surface area contributed by atoms with E-state index in [1.807, 2.05) is 35.2 Å². The van der Waals surface area contributed by atoms with Gasteiger partial charge in [0.2, 0.25) is 5.91 Å². The summed E-state index contributed by atoms with van der Waals surface area (Å²) in [5.74, 6) is 1.08. The quantitative estimate of drug-likeness (QED) is 0.688. The van der Waals surface area contributed by atoms with Gasteiger partial charge in [0.15, 0.2) is 0 Å². The number of hydrogen-bond donors (Lipinski definition) is 1. The van der Waals surface area contributed by atoms with Gasteiger partial charge in [-0.1, -0.05) is 55.7 Å². The second kappa shape index (κ2) is 10.2. The Hall–Kier alpha value is -2.27. The summed E-state index contributed by atoms with van der Waals surface area (Å²) >= 11 is 1.46. The predicted octanol–water partition coefficient (Wildman–Crippen LogP) is 4.67. The molecule has 1 aliphatic carbocycles.